The van der Waals surface area contributed by atoms with Crippen molar-refractivity contribution in [2.45, 2.75) is 25.4 Å². The zero-order chi connectivity index (χ0) is 24.0. The summed E-state index contributed by atoms with van der Waals surface area (Å²) in [7, 11) is -5.86. The molecule has 8 nitrogen and oxygen atoms in total. The maximum atomic E-state index is 12.8. The van der Waals surface area contributed by atoms with Crippen LogP contribution in [0, 0.1) is 0 Å². The first kappa shape index (κ1) is 22.5. The van der Waals surface area contributed by atoms with E-state index < -0.39 is 21.4 Å². The van der Waals surface area contributed by atoms with Crippen LogP contribution < -0.4 is 9.74 Å². The van der Waals surface area contributed by atoms with Crippen LogP contribution in [0.1, 0.15) is 19.9 Å². The third-order valence-corrected chi connectivity index (χ3v) is 5.69. The molecule has 4 rings (SSSR count). The van der Waals surface area contributed by atoms with Gasteiger partial charge in [0.15, 0.2) is 0 Å². The minimum Gasteiger partial charge on any atom is -0.376 e. The number of benzene rings is 1. The van der Waals surface area contributed by atoms with Crippen molar-refractivity contribution in [2.75, 3.05) is 0 Å². The zero-order valence-corrected chi connectivity index (χ0v) is 18.1. The number of fused-ring (bicyclic) bond motifs is 1. The quantitative estimate of drug-likeness (QED) is 0.317. The van der Waals surface area contributed by atoms with Gasteiger partial charge < -0.3 is 4.18 Å². The summed E-state index contributed by atoms with van der Waals surface area (Å²) in [5.74, 6) is -0.544. The van der Waals surface area contributed by atoms with Gasteiger partial charge in [-0.05, 0) is 19.9 Å². The summed E-state index contributed by atoms with van der Waals surface area (Å²) in [5, 5.41) is 8.91. The van der Waals surface area contributed by atoms with E-state index in [0.717, 1.165) is 12.1 Å². The Morgan fingerprint density at radius 2 is 1.70 bits per heavy atom. The smallest absolute Gasteiger partial charge is 0.376 e. The van der Waals surface area contributed by atoms with Crippen LogP contribution in [0.5, 0.6) is 5.75 Å². The van der Waals surface area contributed by atoms with E-state index in [2.05, 4.69) is 14.4 Å². The van der Waals surface area contributed by atoms with Crippen LogP contribution in [0.25, 0.3) is 28.0 Å². The highest BCUT2D eigenvalue weighted by Gasteiger charge is 2.48. The molecule has 0 spiro atoms. The molecule has 0 atom stereocenters. The fraction of sp³-hybridized carbons (Fsp3) is 0.190. The largest absolute Gasteiger partial charge is 0.534 e. The third-order valence-electron chi connectivity index (χ3n) is 4.71. The molecule has 0 saturated heterocycles. The molecule has 33 heavy (non-hydrogen) atoms. The maximum Gasteiger partial charge on any atom is 0.534 e. The lowest BCUT2D eigenvalue weighted by Crippen LogP contribution is -2.28. The monoisotopic (exact) mass is 478 g/mol. The van der Waals surface area contributed by atoms with E-state index in [4.69, 9.17) is 0 Å². The Hall–Kier alpha value is -3.67. The number of rotatable bonds is 5. The lowest BCUT2D eigenvalue weighted by atomic mass is 10.0. The number of aromatic nitrogens is 4. The van der Waals surface area contributed by atoms with Gasteiger partial charge in [0.2, 0.25) is 0 Å². The first-order valence-electron chi connectivity index (χ1n) is 9.67. The first-order chi connectivity index (χ1) is 15.5. The lowest BCUT2D eigenvalue weighted by molar-refractivity contribution is -0.0500. The molecule has 0 fully saturated rings. The number of pyridine rings is 1. The van der Waals surface area contributed by atoms with Crippen LogP contribution in [0.3, 0.4) is 0 Å². The van der Waals surface area contributed by atoms with Crippen LogP contribution in [-0.4, -0.2) is 33.3 Å². The average Bonchev–Trinajstić information content (AvgIpc) is 3.12. The van der Waals surface area contributed by atoms with Gasteiger partial charge in [0.05, 0.1) is 22.8 Å². The molecule has 12 heteroatoms. The SMILES string of the molecule is CC(C)n1nc(-c2c(-c3ccccc3)nn3ccc(OS(=O)(=O)C(F)(F)F)cc23)ccc1=O. The first-order valence-corrected chi connectivity index (χ1v) is 11.1. The van der Waals surface area contributed by atoms with E-state index in [1.54, 1.807) is 38.1 Å². The molecule has 0 saturated carbocycles. The number of alkyl halides is 3. The molecule has 3 aromatic heterocycles. The van der Waals surface area contributed by atoms with E-state index in [1.807, 2.05) is 6.07 Å². The zero-order valence-electron chi connectivity index (χ0n) is 17.3. The molecular weight excluding hydrogens is 461 g/mol. The van der Waals surface area contributed by atoms with Gasteiger partial charge in [0.25, 0.3) is 5.56 Å². The normalized spacial score (nSPS) is 12.4. The Morgan fingerprint density at radius 1 is 1.00 bits per heavy atom. The van der Waals surface area contributed by atoms with Gasteiger partial charge in [-0.3, -0.25) is 4.79 Å². The van der Waals surface area contributed by atoms with Crippen molar-refractivity contribution in [1.29, 1.82) is 0 Å². The third kappa shape index (κ3) is 4.21. The van der Waals surface area contributed by atoms with Gasteiger partial charge in [-0.15, -0.1) is 0 Å². The molecule has 0 amide bonds. The molecule has 0 N–H and O–H groups in total. The van der Waals surface area contributed by atoms with E-state index >= 15 is 0 Å². The molecule has 0 radical (unpaired) electrons. The standard InChI is InChI=1S/C21H17F3N4O4S/c1-13(2)28-18(29)9-8-16(25-28)19-17-12-15(32-33(30,31)21(22,23)24)10-11-27(17)26-20(19)14-6-4-3-5-7-14/h3-13H,1-2H3. The summed E-state index contributed by atoms with van der Waals surface area (Å²) in [5.41, 5.74) is -3.82. The summed E-state index contributed by atoms with van der Waals surface area (Å²) < 4.78 is 68.2. The highest BCUT2D eigenvalue weighted by atomic mass is 32.2. The Labute approximate surface area is 186 Å². The molecule has 0 aliphatic carbocycles. The van der Waals surface area contributed by atoms with Crippen LogP contribution >= 0.6 is 0 Å². The summed E-state index contributed by atoms with van der Waals surface area (Å²) in [6, 6.07) is 13.7. The lowest BCUT2D eigenvalue weighted by Gasteiger charge is -2.11. The predicted molar refractivity (Wildman–Crippen MR) is 114 cm³/mol. The molecule has 1 aromatic carbocycles. The summed E-state index contributed by atoms with van der Waals surface area (Å²) in [4.78, 5) is 12.2. The molecule has 0 aliphatic rings. The highest BCUT2D eigenvalue weighted by molar-refractivity contribution is 7.88. The van der Waals surface area contributed by atoms with Crippen molar-refractivity contribution in [1.82, 2.24) is 19.4 Å². The average molecular weight is 478 g/mol. The van der Waals surface area contributed by atoms with E-state index in [-0.39, 0.29) is 17.1 Å². The van der Waals surface area contributed by atoms with Crippen LogP contribution in [-0.2, 0) is 10.1 Å². The number of hydrogen-bond donors (Lipinski definition) is 0. The van der Waals surface area contributed by atoms with Gasteiger partial charge in [0, 0.05) is 30.0 Å². The predicted octanol–water partition coefficient (Wildman–Crippen LogP) is 4.03. The number of nitrogens with zero attached hydrogens (tertiary/aromatic N) is 4. The second-order valence-electron chi connectivity index (χ2n) is 7.36. The van der Waals surface area contributed by atoms with E-state index in [1.165, 1.54) is 27.5 Å². The fourth-order valence-corrected chi connectivity index (χ4v) is 3.68. The summed E-state index contributed by atoms with van der Waals surface area (Å²) >= 11 is 0. The minimum atomic E-state index is -5.86. The Kier molecular flexibility index (Phi) is 5.48. The molecule has 0 bridgehead atoms. The molecular formula is C21H17F3N4O4S. The second kappa shape index (κ2) is 8.03. The van der Waals surface area contributed by atoms with Gasteiger partial charge in [-0.1, -0.05) is 30.3 Å². The van der Waals surface area contributed by atoms with E-state index in [0.29, 0.717) is 22.5 Å². The summed E-state index contributed by atoms with van der Waals surface area (Å²) in [6.07, 6.45) is 1.28. The highest BCUT2D eigenvalue weighted by Crippen LogP contribution is 2.36. The van der Waals surface area contributed by atoms with Gasteiger partial charge >= 0.3 is 15.6 Å². The minimum absolute atomic E-state index is 0.241. The molecule has 3 heterocycles. The van der Waals surface area contributed by atoms with Gasteiger partial charge in [-0.2, -0.15) is 31.8 Å². The van der Waals surface area contributed by atoms with Crippen molar-refractivity contribution >= 4 is 15.6 Å². The van der Waals surface area contributed by atoms with Gasteiger partial charge in [-0.25, -0.2) is 9.20 Å². The van der Waals surface area contributed by atoms with Crippen LogP contribution in [0.15, 0.2) is 65.6 Å². The van der Waals surface area contributed by atoms with Crippen molar-refractivity contribution < 1.29 is 25.8 Å². The number of hydrogen-bond acceptors (Lipinski definition) is 6. The second-order valence-corrected chi connectivity index (χ2v) is 8.90. The summed E-state index contributed by atoms with van der Waals surface area (Å²) in [6.45, 7) is 3.56. The Balaban J connectivity index is 1.98. The topological polar surface area (TPSA) is 95.6 Å². The molecule has 0 aliphatic heterocycles. The fourth-order valence-electron chi connectivity index (χ4n) is 3.23. The maximum absolute atomic E-state index is 12.8. The Bertz CT molecular complexity index is 1490. The molecule has 172 valence electrons. The van der Waals surface area contributed by atoms with Crippen molar-refractivity contribution in [3.63, 3.8) is 0 Å². The van der Waals surface area contributed by atoms with Crippen molar-refractivity contribution in [2.24, 2.45) is 0 Å². The number of halogens is 3. The van der Waals surface area contributed by atoms with Crippen LogP contribution in [0.2, 0.25) is 0 Å². The van der Waals surface area contributed by atoms with E-state index in [9.17, 15) is 26.4 Å². The van der Waals surface area contributed by atoms with Crippen molar-refractivity contribution in [3.8, 4) is 28.3 Å². The Morgan fingerprint density at radius 3 is 2.33 bits per heavy atom. The van der Waals surface area contributed by atoms with Crippen molar-refractivity contribution in [3.05, 3.63) is 71.1 Å². The van der Waals surface area contributed by atoms with Crippen LogP contribution in [0.4, 0.5) is 13.2 Å². The van der Waals surface area contributed by atoms with Gasteiger partial charge in [0.1, 0.15) is 11.4 Å². The molecule has 4 aromatic rings. The molecule has 0 unspecified atom stereocenters.